The lowest BCUT2D eigenvalue weighted by molar-refractivity contribution is 1.07. The van der Waals surface area contributed by atoms with Crippen LogP contribution >= 0.6 is 23.1 Å². The molecule has 0 aliphatic heterocycles. The highest BCUT2D eigenvalue weighted by atomic mass is 32.2. The largest absolute Gasteiger partial charge is 0.386 e. The number of nitrogens with two attached hydrogens (primary N) is 1. The minimum absolute atomic E-state index is 0.111. The topological polar surface area (TPSA) is 26.0 Å². The van der Waals surface area contributed by atoms with E-state index in [2.05, 4.69) is 13.8 Å². The summed E-state index contributed by atoms with van der Waals surface area (Å²) in [6.07, 6.45) is 2.42. The van der Waals surface area contributed by atoms with E-state index >= 15 is 0 Å². The van der Waals surface area contributed by atoms with Crippen LogP contribution in [0.2, 0.25) is 0 Å². The van der Waals surface area contributed by atoms with Crippen LogP contribution in [0.3, 0.4) is 0 Å². The van der Waals surface area contributed by atoms with Gasteiger partial charge in [-0.15, -0.1) is 0 Å². The fourth-order valence-corrected chi connectivity index (χ4v) is 3.16. The van der Waals surface area contributed by atoms with Crippen molar-refractivity contribution in [3.8, 4) is 0 Å². The lowest BCUT2D eigenvalue weighted by atomic mass is 10.6. The maximum atomic E-state index is 5.57. The second-order valence-electron chi connectivity index (χ2n) is 2.33. The molecular formula is C7H17NS2. The molecule has 3 heteroatoms. The third kappa shape index (κ3) is 4.12. The molecule has 0 bridgehead atoms. The van der Waals surface area contributed by atoms with Gasteiger partial charge in [-0.2, -0.15) is 0 Å². The molecule has 0 aromatic heterocycles. The molecular weight excluding hydrogens is 162 g/mol. The van der Waals surface area contributed by atoms with E-state index in [1.807, 2.05) is 0 Å². The molecule has 0 aromatic carbocycles. The van der Waals surface area contributed by atoms with Gasteiger partial charge in [0.25, 0.3) is 0 Å². The third-order valence-electron chi connectivity index (χ3n) is 1.30. The van der Waals surface area contributed by atoms with E-state index in [9.17, 15) is 0 Å². The average molecular weight is 179 g/mol. The molecule has 0 atom stereocenters. The molecule has 1 nitrogen and oxygen atoms in total. The quantitative estimate of drug-likeness (QED) is 0.510. The van der Waals surface area contributed by atoms with Gasteiger partial charge in [-0.1, -0.05) is 26.1 Å². The molecule has 0 aliphatic rings. The minimum Gasteiger partial charge on any atom is -0.386 e. The number of thiocarbonyl (C=S) groups is 1. The van der Waals surface area contributed by atoms with Gasteiger partial charge in [0.1, 0.15) is 4.32 Å². The van der Waals surface area contributed by atoms with Crippen molar-refractivity contribution in [3.63, 3.8) is 0 Å². The Bertz CT molecular complexity index is 97.8. The van der Waals surface area contributed by atoms with Gasteiger partial charge in [0.15, 0.2) is 0 Å². The second-order valence-corrected chi connectivity index (χ2v) is 5.52. The fourth-order valence-electron chi connectivity index (χ4n) is 0.872. The number of rotatable bonds is 4. The van der Waals surface area contributed by atoms with Crippen LogP contribution in [0.15, 0.2) is 0 Å². The Balaban J connectivity index is 3.61. The molecule has 62 valence electrons. The summed E-state index contributed by atoms with van der Waals surface area (Å²) in [6.45, 7) is 4.37. The van der Waals surface area contributed by atoms with Crippen molar-refractivity contribution in [2.45, 2.75) is 26.7 Å². The molecule has 0 rings (SSSR count). The summed E-state index contributed by atoms with van der Waals surface area (Å²) >= 11 is 4.95. The molecule has 0 spiro atoms. The van der Waals surface area contributed by atoms with Crippen LogP contribution in [-0.4, -0.2) is 15.8 Å². The zero-order chi connectivity index (χ0) is 7.98. The van der Waals surface area contributed by atoms with Gasteiger partial charge < -0.3 is 5.73 Å². The lowest BCUT2D eigenvalue weighted by Crippen LogP contribution is -2.12. The van der Waals surface area contributed by atoms with Crippen LogP contribution in [0.1, 0.15) is 26.7 Å². The first-order chi connectivity index (χ1) is 4.72. The first-order valence-electron chi connectivity index (χ1n) is 3.76. The average Bonchev–Trinajstić information content (AvgIpc) is 1.87. The van der Waals surface area contributed by atoms with E-state index < -0.39 is 0 Å². The summed E-state index contributed by atoms with van der Waals surface area (Å²) in [6, 6.07) is 0. The van der Waals surface area contributed by atoms with E-state index in [1.54, 1.807) is 0 Å². The van der Waals surface area contributed by atoms with Gasteiger partial charge >= 0.3 is 0 Å². The highest BCUT2D eigenvalue weighted by molar-refractivity contribution is 8.36. The van der Waals surface area contributed by atoms with Crippen molar-refractivity contribution < 1.29 is 0 Å². The molecule has 0 saturated heterocycles. The maximum Gasteiger partial charge on any atom is 0.111 e. The zero-order valence-corrected chi connectivity index (χ0v) is 8.47. The van der Waals surface area contributed by atoms with Gasteiger partial charge in [0.05, 0.1) is 0 Å². The molecule has 0 radical (unpaired) electrons. The summed E-state index contributed by atoms with van der Waals surface area (Å²) in [4.78, 5) is 0. The van der Waals surface area contributed by atoms with E-state index in [0.29, 0.717) is 0 Å². The first kappa shape index (κ1) is 10.2. The van der Waals surface area contributed by atoms with Crippen molar-refractivity contribution in [1.29, 1.82) is 0 Å². The van der Waals surface area contributed by atoms with Gasteiger partial charge in [0, 0.05) is 0 Å². The predicted molar refractivity (Wildman–Crippen MR) is 56.1 cm³/mol. The number of hydrogen-bond donors (Lipinski definition) is 2. The van der Waals surface area contributed by atoms with Crippen LogP contribution in [0.4, 0.5) is 0 Å². The van der Waals surface area contributed by atoms with Gasteiger partial charge in [-0.05, 0) is 24.3 Å². The smallest absolute Gasteiger partial charge is 0.111 e. The highest BCUT2D eigenvalue weighted by Crippen LogP contribution is 2.26. The standard InChI is InChI=1S/C7H17NS2/c1-3-5-10(6-4-2)7(8)9/h10H,3-6H2,1-2H3,(H2,8,9). The van der Waals surface area contributed by atoms with Crippen molar-refractivity contribution in [1.82, 2.24) is 0 Å². The van der Waals surface area contributed by atoms with Crippen molar-refractivity contribution in [2.75, 3.05) is 11.5 Å². The summed E-state index contributed by atoms with van der Waals surface area (Å²) in [5, 5.41) is 0. The Morgan fingerprint density at radius 1 is 1.30 bits per heavy atom. The molecule has 2 N–H and O–H groups in total. The normalized spacial score (nSPS) is 11.2. The minimum atomic E-state index is -0.111. The Morgan fingerprint density at radius 2 is 1.70 bits per heavy atom. The number of hydrogen-bond acceptors (Lipinski definition) is 1. The van der Waals surface area contributed by atoms with Crippen LogP contribution in [0.25, 0.3) is 0 Å². The zero-order valence-electron chi connectivity index (χ0n) is 6.76. The van der Waals surface area contributed by atoms with E-state index in [0.717, 1.165) is 4.32 Å². The molecule has 10 heavy (non-hydrogen) atoms. The second kappa shape index (κ2) is 5.98. The van der Waals surface area contributed by atoms with Crippen LogP contribution < -0.4 is 5.73 Å². The molecule has 0 heterocycles. The summed E-state index contributed by atoms with van der Waals surface area (Å²) in [5.41, 5.74) is 5.57. The van der Waals surface area contributed by atoms with Crippen LogP contribution in [0, 0.1) is 0 Å². The Labute approximate surface area is 71.7 Å². The Morgan fingerprint density at radius 3 is 1.90 bits per heavy atom. The number of thiol groups is 1. The first-order valence-corrected chi connectivity index (χ1v) is 5.88. The molecule has 0 aliphatic carbocycles. The maximum absolute atomic E-state index is 5.57. The molecule has 0 aromatic rings. The monoisotopic (exact) mass is 179 g/mol. The molecule has 0 unspecified atom stereocenters. The van der Waals surface area contributed by atoms with Crippen molar-refractivity contribution in [2.24, 2.45) is 5.73 Å². The fraction of sp³-hybridized carbons (Fsp3) is 0.857. The SMILES string of the molecule is CCC[SH](CCC)C(N)=S. The van der Waals surface area contributed by atoms with E-state index in [4.69, 9.17) is 18.0 Å². The molecule has 0 amide bonds. The van der Waals surface area contributed by atoms with Crippen molar-refractivity contribution in [3.05, 3.63) is 0 Å². The summed E-state index contributed by atoms with van der Waals surface area (Å²) < 4.78 is 0.763. The Hall–Kier alpha value is 0.240. The van der Waals surface area contributed by atoms with Gasteiger partial charge in [-0.3, -0.25) is 0 Å². The summed E-state index contributed by atoms with van der Waals surface area (Å²) in [5.74, 6) is 2.44. The molecule has 0 fully saturated rings. The lowest BCUT2D eigenvalue weighted by Gasteiger charge is -2.17. The van der Waals surface area contributed by atoms with Crippen LogP contribution in [-0.2, 0) is 0 Å². The van der Waals surface area contributed by atoms with Crippen molar-refractivity contribution >= 4 is 27.4 Å². The molecule has 0 saturated carbocycles. The predicted octanol–water partition coefficient (Wildman–Crippen LogP) is 2.05. The third-order valence-corrected chi connectivity index (χ3v) is 4.67. The van der Waals surface area contributed by atoms with Crippen LogP contribution in [0.5, 0.6) is 0 Å². The van der Waals surface area contributed by atoms with E-state index in [1.165, 1.54) is 24.3 Å². The van der Waals surface area contributed by atoms with Gasteiger partial charge in [-0.25, -0.2) is 10.9 Å². The summed E-state index contributed by atoms with van der Waals surface area (Å²) in [7, 11) is -0.111. The van der Waals surface area contributed by atoms with Gasteiger partial charge in [0.2, 0.25) is 0 Å². The highest BCUT2D eigenvalue weighted by Gasteiger charge is 2.02. The Kier molecular flexibility index (Phi) is 6.13. The van der Waals surface area contributed by atoms with E-state index in [-0.39, 0.29) is 10.9 Å².